The second-order valence-electron chi connectivity index (χ2n) is 4.23. The summed E-state index contributed by atoms with van der Waals surface area (Å²) in [6.45, 7) is 7.39. The van der Waals surface area contributed by atoms with Crippen molar-refractivity contribution in [3.05, 3.63) is 22.4 Å². The molecule has 0 amide bonds. The maximum atomic E-state index is 4.21. The van der Waals surface area contributed by atoms with Crippen LogP contribution >= 0.6 is 11.3 Å². The van der Waals surface area contributed by atoms with Crippen LogP contribution in [0.15, 0.2) is 21.8 Å². The minimum absolute atomic E-state index is 0.425. The number of aliphatic imine (C=N–C) groups is 1. The zero-order valence-electron chi connectivity index (χ0n) is 10.4. The highest BCUT2D eigenvalue weighted by Crippen LogP contribution is 2.05. The van der Waals surface area contributed by atoms with Crippen LogP contribution in [-0.2, 0) is 6.54 Å². The van der Waals surface area contributed by atoms with Crippen molar-refractivity contribution in [3.8, 4) is 0 Å². The van der Waals surface area contributed by atoms with Gasteiger partial charge < -0.3 is 10.6 Å². The Labute approximate surface area is 102 Å². The van der Waals surface area contributed by atoms with Gasteiger partial charge in [0.15, 0.2) is 5.96 Å². The van der Waals surface area contributed by atoms with Crippen LogP contribution in [0, 0.1) is 5.92 Å². The lowest BCUT2D eigenvalue weighted by Crippen LogP contribution is -2.43. The lowest BCUT2D eigenvalue weighted by Gasteiger charge is -2.20. The smallest absolute Gasteiger partial charge is 0.191 e. The predicted octanol–water partition coefficient (Wildman–Crippen LogP) is 2.46. The molecule has 16 heavy (non-hydrogen) atoms. The Morgan fingerprint density at radius 1 is 1.44 bits per heavy atom. The average Bonchev–Trinajstić information content (AvgIpc) is 2.76. The fourth-order valence-corrected chi connectivity index (χ4v) is 1.82. The van der Waals surface area contributed by atoms with E-state index < -0.39 is 0 Å². The summed E-state index contributed by atoms with van der Waals surface area (Å²) in [4.78, 5) is 4.21. The van der Waals surface area contributed by atoms with Gasteiger partial charge in [-0.05, 0) is 35.2 Å². The van der Waals surface area contributed by atoms with Crippen LogP contribution in [0.4, 0.5) is 0 Å². The lowest BCUT2D eigenvalue weighted by molar-refractivity contribution is 0.481. The van der Waals surface area contributed by atoms with E-state index in [1.807, 2.05) is 0 Å². The van der Waals surface area contributed by atoms with Crippen LogP contribution in [0.1, 0.15) is 26.3 Å². The fourth-order valence-electron chi connectivity index (χ4n) is 1.16. The van der Waals surface area contributed by atoms with E-state index in [2.05, 4.69) is 53.2 Å². The minimum Gasteiger partial charge on any atom is -0.354 e. The highest BCUT2D eigenvalue weighted by Gasteiger charge is 2.08. The highest BCUT2D eigenvalue weighted by molar-refractivity contribution is 7.07. The van der Waals surface area contributed by atoms with Gasteiger partial charge in [-0.3, -0.25) is 4.99 Å². The van der Waals surface area contributed by atoms with Crippen LogP contribution in [0.2, 0.25) is 0 Å². The van der Waals surface area contributed by atoms with Crippen molar-refractivity contribution < 1.29 is 0 Å². The van der Waals surface area contributed by atoms with Gasteiger partial charge in [-0.2, -0.15) is 11.3 Å². The molecule has 0 saturated heterocycles. The molecule has 4 heteroatoms. The van der Waals surface area contributed by atoms with Crippen LogP contribution < -0.4 is 10.6 Å². The Morgan fingerprint density at radius 3 is 2.69 bits per heavy atom. The Balaban J connectivity index is 2.38. The van der Waals surface area contributed by atoms with Crippen molar-refractivity contribution in [2.45, 2.75) is 33.4 Å². The zero-order valence-corrected chi connectivity index (χ0v) is 11.3. The Kier molecular flexibility index (Phi) is 5.32. The van der Waals surface area contributed by atoms with Crippen molar-refractivity contribution in [2.24, 2.45) is 10.9 Å². The maximum absolute atomic E-state index is 4.21. The molecule has 1 rings (SSSR count). The molecule has 0 fully saturated rings. The van der Waals surface area contributed by atoms with Crippen molar-refractivity contribution in [1.82, 2.24) is 10.6 Å². The van der Waals surface area contributed by atoms with Gasteiger partial charge in [0.25, 0.3) is 0 Å². The van der Waals surface area contributed by atoms with E-state index in [4.69, 9.17) is 0 Å². The number of nitrogens with zero attached hydrogens (tertiary/aromatic N) is 1. The second-order valence-corrected chi connectivity index (χ2v) is 5.01. The molecule has 1 aromatic heterocycles. The molecule has 0 aliphatic carbocycles. The SMILES string of the molecule is CN=C(NCc1ccsc1)NC(C)C(C)C. The molecule has 1 atom stereocenters. The van der Waals surface area contributed by atoms with E-state index in [0.29, 0.717) is 12.0 Å². The maximum Gasteiger partial charge on any atom is 0.191 e. The normalized spacial score (nSPS) is 13.9. The molecule has 1 unspecified atom stereocenters. The van der Waals surface area contributed by atoms with Crippen LogP contribution in [0.5, 0.6) is 0 Å². The third kappa shape index (κ3) is 4.23. The van der Waals surface area contributed by atoms with Crippen LogP contribution in [0.3, 0.4) is 0 Å². The molecule has 1 heterocycles. The largest absolute Gasteiger partial charge is 0.354 e. The number of thiophene rings is 1. The quantitative estimate of drug-likeness (QED) is 0.625. The fraction of sp³-hybridized carbons (Fsp3) is 0.583. The van der Waals surface area contributed by atoms with Gasteiger partial charge in [0.05, 0.1) is 0 Å². The summed E-state index contributed by atoms with van der Waals surface area (Å²) >= 11 is 1.72. The van der Waals surface area contributed by atoms with Gasteiger partial charge in [0.2, 0.25) is 0 Å². The molecule has 0 aromatic carbocycles. The zero-order chi connectivity index (χ0) is 12.0. The molecule has 3 nitrogen and oxygen atoms in total. The van der Waals surface area contributed by atoms with E-state index in [9.17, 15) is 0 Å². The van der Waals surface area contributed by atoms with Gasteiger partial charge in [-0.1, -0.05) is 13.8 Å². The number of guanidine groups is 1. The second kappa shape index (κ2) is 6.53. The molecule has 0 bridgehead atoms. The Bertz CT molecular complexity index is 317. The number of nitrogens with one attached hydrogen (secondary N) is 2. The molecule has 0 aliphatic heterocycles. The summed E-state index contributed by atoms with van der Waals surface area (Å²) < 4.78 is 0. The van der Waals surface area contributed by atoms with Crippen molar-refractivity contribution in [3.63, 3.8) is 0 Å². The van der Waals surface area contributed by atoms with Crippen molar-refractivity contribution >= 4 is 17.3 Å². The standard InChI is InChI=1S/C12H21N3S/c1-9(2)10(3)15-12(13-4)14-7-11-5-6-16-8-11/h5-6,8-10H,7H2,1-4H3,(H2,13,14,15). The van der Waals surface area contributed by atoms with E-state index in [-0.39, 0.29) is 0 Å². The number of hydrogen-bond acceptors (Lipinski definition) is 2. The van der Waals surface area contributed by atoms with Gasteiger partial charge in [0.1, 0.15) is 0 Å². The summed E-state index contributed by atoms with van der Waals surface area (Å²) in [6, 6.07) is 2.55. The first-order chi connectivity index (χ1) is 7.63. The number of hydrogen-bond donors (Lipinski definition) is 2. The molecule has 0 radical (unpaired) electrons. The molecular formula is C12H21N3S. The Hall–Kier alpha value is -1.03. The summed E-state index contributed by atoms with van der Waals surface area (Å²) in [5.41, 5.74) is 1.30. The number of rotatable bonds is 4. The van der Waals surface area contributed by atoms with E-state index in [1.165, 1.54) is 5.56 Å². The van der Waals surface area contributed by atoms with Crippen molar-refractivity contribution in [2.75, 3.05) is 7.05 Å². The van der Waals surface area contributed by atoms with Gasteiger partial charge >= 0.3 is 0 Å². The monoisotopic (exact) mass is 239 g/mol. The highest BCUT2D eigenvalue weighted by atomic mass is 32.1. The molecule has 0 aliphatic rings. The van der Waals surface area contributed by atoms with Crippen molar-refractivity contribution in [1.29, 1.82) is 0 Å². The van der Waals surface area contributed by atoms with E-state index >= 15 is 0 Å². The minimum atomic E-state index is 0.425. The lowest BCUT2D eigenvalue weighted by atomic mass is 10.1. The molecule has 0 saturated carbocycles. The Morgan fingerprint density at radius 2 is 2.19 bits per heavy atom. The molecule has 2 N–H and O–H groups in total. The first-order valence-corrected chi connectivity index (χ1v) is 6.56. The topological polar surface area (TPSA) is 36.4 Å². The summed E-state index contributed by atoms with van der Waals surface area (Å²) in [5.74, 6) is 1.46. The molecule has 90 valence electrons. The van der Waals surface area contributed by atoms with Crippen LogP contribution in [0.25, 0.3) is 0 Å². The van der Waals surface area contributed by atoms with Gasteiger partial charge in [0, 0.05) is 19.6 Å². The van der Waals surface area contributed by atoms with E-state index in [0.717, 1.165) is 12.5 Å². The van der Waals surface area contributed by atoms with Gasteiger partial charge in [-0.25, -0.2) is 0 Å². The molecule has 1 aromatic rings. The first kappa shape index (κ1) is 13.0. The molecular weight excluding hydrogens is 218 g/mol. The summed E-state index contributed by atoms with van der Waals surface area (Å²) in [6.07, 6.45) is 0. The first-order valence-electron chi connectivity index (χ1n) is 5.61. The third-order valence-corrected chi connectivity index (χ3v) is 3.36. The average molecular weight is 239 g/mol. The summed E-state index contributed by atoms with van der Waals surface area (Å²) in [7, 11) is 1.80. The predicted molar refractivity (Wildman–Crippen MR) is 72.0 cm³/mol. The van der Waals surface area contributed by atoms with Gasteiger partial charge in [-0.15, -0.1) is 0 Å². The van der Waals surface area contributed by atoms with Crippen LogP contribution in [-0.4, -0.2) is 19.0 Å². The third-order valence-electron chi connectivity index (χ3n) is 2.63. The summed E-state index contributed by atoms with van der Waals surface area (Å²) in [5, 5.41) is 10.9. The molecule has 0 spiro atoms. The van der Waals surface area contributed by atoms with E-state index in [1.54, 1.807) is 18.4 Å².